The van der Waals surface area contributed by atoms with E-state index in [1.54, 1.807) is 33.9 Å². The van der Waals surface area contributed by atoms with Crippen LogP contribution in [0.3, 0.4) is 0 Å². The van der Waals surface area contributed by atoms with Crippen molar-refractivity contribution in [1.82, 2.24) is 39.5 Å². The molecule has 2 aliphatic rings. The number of rotatable bonds is 0. The predicted octanol–water partition coefficient (Wildman–Crippen LogP) is 18.5. The van der Waals surface area contributed by atoms with Crippen LogP contribution in [0, 0.1) is 20.8 Å². The van der Waals surface area contributed by atoms with Gasteiger partial charge < -0.3 is 19.7 Å². The van der Waals surface area contributed by atoms with E-state index in [1.807, 2.05) is 12.3 Å². The Morgan fingerprint density at radius 2 is 1.12 bits per heavy atom. The van der Waals surface area contributed by atoms with E-state index in [9.17, 15) is 0 Å². The summed E-state index contributed by atoms with van der Waals surface area (Å²) in [6.45, 7) is 47.3. The van der Waals surface area contributed by atoms with Gasteiger partial charge in [-0.25, -0.2) is 19.5 Å². The molecule has 5 aromatic carbocycles. The highest BCUT2D eigenvalue weighted by Gasteiger charge is 2.24. The van der Waals surface area contributed by atoms with Crippen LogP contribution in [-0.4, -0.2) is 46.1 Å². The third kappa shape index (κ3) is 15.9. The number of hydrogen-bond donors (Lipinski definition) is 3. The Bertz CT molecular complexity index is 3660. The maximum absolute atomic E-state index is 5.47. The van der Waals surface area contributed by atoms with Gasteiger partial charge in [0.15, 0.2) is 5.65 Å². The fourth-order valence-corrected chi connectivity index (χ4v) is 10.2. The number of benzene rings is 5. The molecule has 5 aromatic heterocycles. The molecule has 1 aliphatic heterocycles. The summed E-state index contributed by atoms with van der Waals surface area (Å²) >= 11 is 0. The quantitative estimate of drug-likeness (QED) is 0.140. The number of aromatic amines is 3. The first-order chi connectivity index (χ1) is 37.7. The van der Waals surface area contributed by atoms with Crippen LogP contribution in [0.25, 0.3) is 38.6 Å². The van der Waals surface area contributed by atoms with Gasteiger partial charge in [0, 0.05) is 34.8 Å². The second-order valence-corrected chi connectivity index (χ2v) is 28.6. The van der Waals surface area contributed by atoms with Gasteiger partial charge in [0.2, 0.25) is 0 Å². The lowest BCUT2D eigenvalue weighted by atomic mass is 9.83. The zero-order chi connectivity index (χ0) is 59.5. The summed E-state index contributed by atoms with van der Waals surface area (Å²) in [4.78, 5) is 22.9. The summed E-state index contributed by atoms with van der Waals surface area (Å²) < 4.78 is 7.27. The molecule has 9 heteroatoms. The second kappa shape index (κ2) is 24.2. The van der Waals surface area contributed by atoms with Crippen molar-refractivity contribution in [2.45, 2.75) is 204 Å². The van der Waals surface area contributed by atoms with Gasteiger partial charge in [-0.1, -0.05) is 173 Å². The molecule has 81 heavy (non-hydrogen) atoms. The molecule has 0 bridgehead atoms. The van der Waals surface area contributed by atoms with Crippen LogP contribution in [0.1, 0.15) is 198 Å². The highest BCUT2D eigenvalue weighted by molar-refractivity contribution is 5.81. The van der Waals surface area contributed by atoms with Gasteiger partial charge in [-0.3, -0.25) is 0 Å². The molecular weight excluding hydrogens is 993 g/mol. The van der Waals surface area contributed by atoms with Crippen LogP contribution in [0.15, 0.2) is 122 Å². The molecule has 0 fully saturated rings. The molecule has 1 aliphatic carbocycles. The lowest BCUT2D eigenvalue weighted by Crippen LogP contribution is -2.13. The SMILES string of the molecule is CC(C)(C)c1ccc2c(c1)CCO2.CC(C)(C)c1ccc2nc[nH]c2c1.CC(C)(C)c1cccc2c1CCC2.CC(C)(C)c1cccn2ncnc12.Cc1cc2cc(C(C)(C)C)ccc2[nH]1.Cc1cc2nc(C(C)(C)C)[nH]c2cc1C. The molecule has 0 atom stereocenters. The Morgan fingerprint density at radius 1 is 0.494 bits per heavy atom. The lowest BCUT2D eigenvalue weighted by Gasteiger charge is -2.22. The first-order valence-electron chi connectivity index (χ1n) is 29.3. The van der Waals surface area contributed by atoms with Crippen molar-refractivity contribution in [1.29, 1.82) is 0 Å². The number of aryl methyl sites for hydroxylation is 4. The average Bonchev–Trinajstić information content (AvgIpc) is 4.45. The average molecular weight is 1090 g/mol. The van der Waals surface area contributed by atoms with Crippen LogP contribution in [0.5, 0.6) is 5.75 Å². The van der Waals surface area contributed by atoms with Gasteiger partial charge >= 0.3 is 0 Å². The second-order valence-electron chi connectivity index (χ2n) is 28.6. The van der Waals surface area contributed by atoms with Crippen molar-refractivity contribution in [2.24, 2.45) is 0 Å². The number of H-pyrrole nitrogens is 3. The fraction of sp³-hybridized carbons (Fsp3) is 0.444. The van der Waals surface area contributed by atoms with Gasteiger partial charge in [0.1, 0.15) is 17.9 Å². The molecule has 3 N–H and O–H groups in total. The molecule has 10 aromatic rings. The molecule has 0 saturated carbocycles. The summed E-state index contributed by atoms with van der Waals surface area (Å²) in [5, 5.41) is 5.41. The molecule has 430 valence electrons. The third-order valence-electron chi connectivity index (χ3n) is 15.3. The first-order valence-corrected chi connectivity index (χ1v) is 29.3. The Morgan fingerprint density at radius 3 is 1.79 bits per heavy atom. The van der Waals surface area contributed by atoms with Crippen molar-refractivity contribution in [3.05, 3.63) is 189 Å². The summed E-state index contributed by atoms with van der Waals surface area (Å²) in [5.41, 5.74) is 23.1. The van der Waals surface area contributed by atoms with E-state index in [0.29, 0.717) is 5.41 Å². The molecule has 9 nitrogen and oxygen atoms in total. The number of fused-ring (bicyclic) bond motifs is 6. The maximum atomic E-state index is 5.47. The minimum absolute atomic E-state index is 0.0842. The molecule has 6 heterocycles. The van der Waals surface area contributed by atoms with Crippen molar-refractivity contribution in [2.75, 3.05) is 6.61 Å². The Balaban J connectivity index is 0.000000140. The highest BCUT2D eigenvalue weighted by atomic mass is 16.5. The summed E-state index contributed by atoms with van der Waals surface area (Å²) in [6, 6.07) is 37.0. The van der Waals surface area contributed by atoms with Crippen LogP contribution < -0.4 is 4.74 Å². The number of hydrogen-bond acceptors (Lipinski definition) is 5. The smallest absolute Gasteiger partial charge is 0.158 e. The monoisotopic (exact) mass is 1090 g/mol. The fourth-order valence-electron chi connectivity index (χ4n) is 10.2. The molecule has 0 amide bonds. The van der Waals surface area contributed by atoms with E-state index in [1.165, 1.54) is 74.8 Å². The zero-order valence-corrected chi connectivity index (χ0v) is 53.2. The molecule has 0 spiro atoms. The molecule has 12 rings (SSSR count). The number of aromatic nitrogens is 8. The van der Waals surface area contributed by atoms with Gasteiger partial charge in [-0.05, 0) is 177 Å². The van der Waals surface area contributed by atoms with Crippen LogP contribution in [0.2, 0.25) is 0 Å². The Labute approximate surface area is 485 Å². The minimum Gasteiger partial charge on any atom is -0.493 e. The third-order valence-corrected chi connectivity index (χ3v) is 15.3. The van der Waals surface area contributed by atoms with E-state index >= 15 is 0 Å². The largest absolute Gasteiger partial charge is 0.493 e. The highest BCUT2D eigenvalue weighted by Crippen LogP contribution is 2.34. The Hall–Kier alpha value is -7.00. The standard InChI is InChI=1S/C13H18N2.C13H17N.C13H18.C12H16O.C11H14N2.C10H13N3/c1-8-6-10-11(7-9(8)2)15-12(14-10)13(3,4)5;1-9-7-10-8-11(13(2,3)4)5-6-12(10)14-9;1-13(2,3)12-9-5-7-10-6-4-8-11(10)12;1-12(2,3)10-4-5-11-9(8-10)6-7-13-11;1-11(2,3)8-4-5-9-10(6-8)13-7-12-9;1-10(2,3)8-5-4-6-13-9(8)11-7-12-13/h6-7H,1-5H3,(H,14,15);5-8,14H,1-4H3;5,7,9H,4,6,8H2,1-3H3;4-5,8H,6-7H2,1-3H3;4-7H,1-3H3,(H,12,13);4-7H,1-3H3. The molecule has 0 radical (unpaired) electrons. The van der Waals surface area contributed by atoms with Crippen LogP contribution in [-0.2, 0) is 51.8 Å². The van der Waals surface area contributed by atoms with E-state index < -0.39 is 0 Å². The zero-order valence-electron chi connectivity index (χ0n) is 53.2. The van der Waals surface area contributed by atoms with Gasteiger partial charge in [-0.15, -0.1) is 0 Å². The minimum atomic E-state index is 0.0842. The molecule has 0 unspecified atom stereocenters. The maximum Gasteiger partial charge on any atom is 0.158 e. The molecular formula is C72H96N8O. The van der Waals surface area contributed by atoms with Crippen molar-refractivity contribution < 1.29 is 4.74 Å². The van der Waals surface area contributed by atoms with E-state index in [0.717, 1.165) is 52.3 Å². The normalized spacial score (nSPS) is 13.3. The van der Waals surface area contributed by atoms with Gasteiger partial charge in [0.05, 0.1) is 35.0 Å². The van der Waals surface area contributed by atoms with Gasteiger partial charge in [-0.2, -0.15) is 5.10 Å². The topological polar surface area (TPSA) is 113 Å². The Kier molecular flexibility index (Phi) is 18.4. The van der Waals surface area contributed by atoms with E-state index in [2.05, 4.69) is 277 Å². The first kappa shape index (κ1) is 61.6. The molecule has 0 saturated heterocycles. The van der Waals surface area contributed by atoms with Crippen molar-refractivity contribution in [3.8, 4) is 5.75 Å². The van der Waals surface area contributed by atoms with Crippen LogP contribution >= 0.6 is 0 Å². The van der Waals surface area contributed by atoms with Crippen molar-refractivity contribution >= 4 is 38.6 Å². The van der Waals surface area contributed by atoms with E-state index in [-0.39, 0.29) is 27.1 Å². The summed E-state index contributed by atoms with van der Waals surface area (Å²) in [7, 11) is 0. The number of pyridine rings is 1. The number of imidazole rings is 2. The van der Waals surface area contributed by atoms with Gasteiger partial charge in [0.25, 0.3) is 0 Å². The van der Waals surface area contributed by atoms with Crippen LogP contribution in [0.4, 0.5) is 0 Å². The number of ether oxygens (including phenoxy) is 1. The predicted molar refractivity (Wildman–Crippen MR) is 344 cm³/mol. The summed E-state index contributed by atoms with van der Waals surface area (Å²) in [6.07, 6.45) is 10.2. The van der Waals surface area contributed by atoms with Crippen molar-refractivity contribution in [3.63, 3.8) is 0 Å². The number of nitrogens with one attached hydrogen (secondary N) is 3. The lowest BCUT2D eigenvalue weighted by molar-refractivity contribution is 0.356. The summed E-state index contributed by atoms with van der Waals surface area (Å²) in [5.74, 6) is 2.13. The van der Waals surface area contributed by atoms with E-state index in [4.69, 9.17) is 4.74 Å². The number of nitrogens with zero attached hydrogens (tertiary/aromatic N) is 5.